The molecule has 0 aliphatic heterocycles. The molecular formula is C17H14N6O. The molecule has 1 heterocycles. The molecule has 0 amide bonds. The Hall–Kier alpha value is -3.66. The Morgan fingerprint density at radius 2 is 2.12 bits per heavy atom. The molecule has 0 fully saturated rings. The third-order valence-corrected chi connectivity index (χ3v) is 3.42. The number of aromatic nitrogens is 1. The number of hydrogen-bond acceptors (Lipinski definition) is 6. The molecule has 2 aromatic carbocycles. The number of amidine groups is 1. The van der Waals surface area contributed by atoms with Crippen LogP contribution in [0.4, 0.5) is 5.69 Å². The van der Waals surface area contributed by atoms with Crippen molar-refractivity contribution in [2.45, 2.75) is 6.92 Å². The van der Waals surface area contributed by atoms with E-state index in [9.17, 15) is 0 Å². The number of anilines is 1. The minimum atomic E-state index is -0.384. The zero-order valence-corrected chi connectivity index (χ0v) is 12.9. The van der Waals surface area contributed by atoms with Crippen molar-refractivity contribution in [1.82, 2.24) is 4.98 Å². The Kier molecular flexibility index (Phi) is 3.95. The summed E-state index contributed by atoms with van der Waals surface area (Å²) in [4.78, 5) is 4.46. The number of rotatable bonds is 4. The molecule has 0 saturated heterocycles. The maximum Gasteiger partial charge on any atom is 0.227 e. The second kappa shape index (κ2) is 6.22. The Bertz CT molecular complexity index is 963. The molecular weight excluding hydrogens is 304 g/mol. The van der Waals surface area contributed by atoms with Gasteiger partial charge < -0.3 is 10.2 Å². The second-order valence-corrected chi connectivity index (χ2v) is 5.11. The van der Waals surface area contributed by atoms with Crippen LogP contribution in [0.25, 0.3) is 22.6 Å². The number of hydrazone groups is 1. The highest BCUT2D eigenvalue weighted by Crippen LogP contribution is 2.27. The minimum Gasteiger partial charge on any atom is -0.436 e. The van der Waals surface area contributed by atoms with Gasteiger partial charge in [-0.05, 0) is 42.8 Å². The molecule has 118 valence electrons. The van der Waals surface area contributed by atoms with Crippen LogP contribution in [0, 0.1) is 23.7 Å². The number of hydrogen-bond donors (Lipinski definition) is 3. The molecule has 0 radical (unpaired) electrons. The second-order valence-electron chi connectivity index (χ2n) is 5.11. The van der Waals surface area contributed by atoms with Crippen molar-refractivity contribution < 1.29 is 4.42 Å². The molecule has 0 spiro atoms. The fourth-order valence-electron chi connectivity index (χ4n) is 2.18. The Morgan fingerprint density at radius 1 is 1.33 bits per heavy atom. The molecule has 3 rings (SSSR count). The number of nitriles is 1. The molecule has 0 aliphatic carbocycles. The fourth-order valence-corrected chi connectivity index (χ4v) is 2.18. The summed E-state index contributed by atoms with van der Waals surface area (Å²) in [5, 5.41) is 19.9. The number of nitrogens with zero attached hydrogens (tertiary/aromatic N) is 3. The van der Waals surface area contributed by atoms with Crippen molar-refractivity contribution in [3.05, 3.63) is 48.0 Å². The van der Waals surface area contributed by atoms with E-state index in [-0.39, 0.29) is 11.5 Å². The first-order valence-electron chi connectivity index (χ1n) is 7.13. The molecule has 7 nitrogen and oxygen atoms in total. The van der Waals surface area contributed by atoms with Gasteiger partial charge in [-0.1, -0.05) is 12.1 Å². The van der Waals surface area contributed by atoms with Gasteiger partial charge in [0.25, 0.3) is 0 Å². The summed E-state index contributed by atoms with van der Waals surface area (Å²) in [6.45, 7) is 1.89. The van der Waals surface area contributed by atoms with Gasteiger partial charge in [0.1, 0.15) is 11.6 Å². The molecule has 0 bridgehead atoms. The van der Waals surface area contributed by atoms with Gasteiger partial charge in [-0.2, -0.15) is 10.4 Å². The highest BCUT2D eigenvalue weighted by molar-refractivity contribution is 6.45. The van der Waals surface area contributed by atoms with Crippen molar-refractivity contribution in [2.24, 2.45) is 10.8 Å². The summed E-state index contributed by atoms with van der Waals surface area (Å²) in [6, 6.07) is 14.9. The van der Waals surface area contributed by atoms with Crippen LogP contribution in [0.3, 0.4) is 0 Å². The van der Waals surface area contributed by atoms with Crippen molar-refractivity contribution in [2.75, 3.05) is 5.43 Å². The quantitative estimate of drug-likeness (QED) is 0.387. The Morgan fingerprint density at radius 3 is 2.79 bits per heavy atom. The lowest BCUT2D eigenvalue weighted by molar-refractivity contribution is 0.620. The number of aryl methyl sites for hydroxylation is 1. The van der Waals surface area contributed by atoms with Gasteiger partial charge in [0.2, 0.25) is 11.6 Å². The van der Waals surface area contributed by atoms with Crippen LogP contribution in [0.5, 0.6) is 0 Å². The zero-order valence-electron chi connectivity index (χ0n) is 12.9. The van der Waals surface area contributed by atoms with E-state index in [2.05, 4.69) is 15.5 Å². The van der Waals surface area contributed by atoms with Crippen molar-refractivity contribution in [3.63, 3.8) is 0 Å². The summed E-state index contributed by atoms with van der Waals surface area (Å²) in [7, 11) is 0. The van der Waals surface area contributed by atoms with Crippen LogP contribution >= 0.6 is 0 Å². The first-order valence-corrected chi connectivity index (χ1v) is 7.13. The highest BCUT2D eigenvalue weighted by atomic mass is 16.3. The average Bonchev–Trinajstić information content (AvgIpc) is 3.00. The summed E-state index contributed by atoms with van der Waals surface area (Å²) >= 11 is 0. The molecule has 0 atom stereocenters. The number of nitrogens with one attached hydrogen (secondary N) is 2. The van der Waals surface area contributed by atoms with E-state index in [1.165, 1.54) is 0 Å². The van der Waals surface area contributed by atoms with E-state index in [1.807, 2.05) is 43.3 Å². The van der Waals surface area contributed by atoms with Crippen LogP contribution in [-0.2, 0) is 0 Å². The van der Waals surface area contributed by atoms with Crippen LogP contribution in [0.15, 0.2) is 52.0 Å². The number of benzene rings is 2. The van der Waals surface area contributed by atoms with Gasteiger partial charge in [-0.15, -0.1) is 0 Å². The Labute approximate surface area is 137 Å². The van der Waals surface area contributed by atoms with Crippen LogP contribution in [-0.4, -0.2) is 16.5 Å². The Balaban J connectivity index is 1.90. The van der Waals surface area contributed by atoms with E-state index in [4.69, 9.17) is 20.8 Å². The minimum absolute atomic E-state index is 0.169. The fraction of sp³-hybridized carbons (Fsp3) is 0.0588. The van der Waals surface area contributed by atoms with Crippen molar-refractivity contribution in [1.29, 1.82) is 10.7 Å². The summed E-state index contributed by atoms with van der Waals surface area (Å²) in [6.07, 6.45) is 0. The maximum absolute atomic E-state index is 8.84. The largest absolute Gasteiger partial charge is 0.436 e. The number of para-hydroxylation sites is 2. The monoisotopic (exact) mass is 318 g/mol. The predicted octanol–water partition coefficient (Wildman–Crippen LogP) is 3.03. The normalized spacial score (nSPS) is 11.2. The van der Waals surface area contributed by atoms with Gasteiger partial charge >= 0.3 is 0 Å². The molecule has 7 heteroatoms. The van der Waals surface area contributed by atoms with Gasteiger partial charge in [0, 0.05) is 5.56 Å². The first kappa shape index (κ1) is 15.2. The average molecular weight is 318 g/mol. The maximum atomic E-state index is 8.84. The van der Waals surface area contributed by atoms with Gasteiger partial charge in [0.05, 0.1) is 5.69 Å². The third kappa shape index (κ3) is 2.94. The van der Waals surface area contributed by atoms with Crippen molar-refractivity contribution in [3.8, 4) is 17.5 Å². The number of oxazole rings is 1. The van der Waals surface area contributed by atoms with E-state index in [0.717, 1.165) is 22.2 Å². The van der Waals surface area contributed by atoms with Crippen LogP contribution in [0.2, 0.25) is 0 Å². The molecule has 3 aromatic rings. The van der Waals surface area contributed by atoms with E-state index in [0.29, 0.717) is 11.6 Å². The van der Waals surface area contributed by atoms with Gasteiger partial charge in [0.15, 0.2) is 11.4 Å². The highest BCUT2D eigenvalue weighted by Gasteiger charge is 2.09. The first-order chi connectivity index (χ1) is 11.6. The molecule has 0 saturated carbocycles. The summed E-state index contributed by atoms with van der Waals surface area (Å²) in [5.41, 5.74) is 11.8. The molecule has 1 aromatic heterocycles. The molecule has 0 unspecified atom stereocenters. The van der Waals surface area contributed by atoms with Crippen LogP contribution < -0.4 is 11.2 Å². The van der Waals surface area contributed by atoms with Crippen molar-refractivity contribution >= 4 is 28.3 Å². The predicted molar refractivity (Wildman–Crippen MR) is 92.8 cm³/mol. The topological polar surface area (TPSA) is 124 Å². The number of fused-ring (bicyclic) bond motifs is 1. The lowest BCUT2D eigenvalue weighted by Crippen LogP contribution is -2.21. The van der Waals surface area contributed by atoms with E-state index in [1.54, 1.807) is 12.1 Å². The zero-order chi connectivity index (χ0) is 17.1. The summed E-state index contributed by atoms with van der Waals surface area (Å²) < 4.78 is 5.75. The van der Waals surface area contributed by atoms with E-state index < -0.39 is 0 Å². The SMILES string of the molecule is Cc1cc(-c2nc3ccccc3o2)ccc1N/N=C(\C#N)C(=N)N. The standard InChI is InChI=1S/C17H14N6O/c1-10-8-11(17-21-13-4-2-3-5-15(13)24-17)6-7-12(10)22-23-14(9-18)16(19)20/h2-8,22H,1H3,(H3,19,20)/b23-14+. The summed E-state index contributed by atoms with van der Waals surface area (Å²) in [5.74, 6) is 0.154. The van der Waals surface area contributed by atoms with Gasteiger partial charge in [-0.3, -0.25) is 10.8 Å². The van der Waals surface area contributed by atoms with Gasteiger partial charge in [-0.25, -0.2) is 4.98 Å². The lowest BCUT2D eigenvalue weighted by atomic mass is 10.1. The number of nitrogens with two attached hydrogens (primary N) is 1. The molecule has 4 N–H and O–H groups in total. The molecule has 0 aliphatic rings. The van der Waals surface area contributed by atoms with Crippen LogP contribution in [0.1, 0.15) is 5.56 Å². The third-order valence-electron chi connectivity index (χ3n) is 3.42. The van der Waals surface area contributed by atoms with E-state index >= 15 is 0 Å². The lowest BCUT2D eigenvalue weighted by Gasteiger charge is -2.06. The molecule has 24 heavy (non-hydrogen) atoms. The smallest absolute Gasteiger partial charge is 0.227 e.